The minimum atomic E-state index is 0.236. The third-order valence-corrected chi connectivity index (χ3v) is 2.86. The lowest BCUT2D eigenvalue weighted by Crippen LogP contribution is -2.34. The van der Waals surface area contributed by atoms with Gasteiger partial charge in [0.15, 0.2) is 0 Å². The number of carbonyl (C=O) groups is 1. The number of aryl methyl sites for hydroxylation is 1. The zero-order chi connectivity index (χ0) is 11.2. The Morgan fingerprint density at radius 3 is 3.19 bits per heavy atom. The lowest BCUT2D eigenvalue weighted by atomic mass is 10.2. The van der Waals surface area contributed by atoms with E-state index in [4.69, 9.17) is 4.42 Å². The maximum absolute atomic E-state index is 11.9. The normalized spacial score (nSPS) is 17.1. The van der Waals surface area contributed by atoms with E-state index in [0.717, 1.165) is 38.4 Å². The average molecular weight is 222 g/mol. The van der Waals surface area contributed by atoms with Gasteiger partial charge < -0.3 is 14.6 Å². The molecule has 0 aromatic carbocycles. The Bertz CT molecular complexity index is 314. The van der Waals surface area contributed by atoms with E-state index in [1.165, 1.54) is 0 Å². The fourth-order valence-electron chi connectivity index (χ4n) is 1.94. The molecule has 0 unspecified atom stereocenters. The summed E-state index contributed by atoms with van der Waals surface area (Å²) >= 11 is 0. The Morgan fingerprint density at radius 1 is 1.44 bits per heavy atom. The van der Waals surface area contributed by atoms with Crippen LogP contribution in [0.15, 0.2) is 22.8 Å². The lowest BCUT2D eigenvalue weighted by molar-refractivity contribution is -0.131. The molecule has 0 atom stereocenters. The Morgan fingerprint density at radius 2 is 2.38 bits per heavy atom. The summed E-state index contributed by atoms with van der Waals surface area (Å²) in [5.41, 5.74) is 0. The van der Waals surface area contributed by atoms with Crippen molar-refractivity contribution in [3.05, 3.63) is 24.2 Å². The second kappa shape index (κ2) is 5.70. The van der Waals surface area contributed by atoms with Crippen LogP contribution in [0.5, 0.6) is 0 Å². The molecular formula is C12H18N2O2. The van der Waals surface area contributed by atoms with Gasteiger partial charge >= 0.3 is 0 Å². The van der Waals surface area contributed by atoms with E-state index in [0.29, 0.717) is 12.8 Å². The summed E-state index contributed by atoms with van der Waals surface area (Å²) in [5, 5.41) is 3.29. The van der Waals surface area contributed by atoms with E-state index >= 15 is 0 Å². The number of rotatable bonds is 3. The van der Waals surface area contributed by atoms with Crippen LogP contribution in [0.3, 0.4) is 0 Å². The molecule has 2 rings (SSSR count). The summed E-state index contributed by atoms with van der Waals surface area (Å²) in [6, 6.07) is 3.77. The second-order valence-corrected chi connectivity index (χ2v) is 4.06. The third kappa shape index (κ3) is 3.10. The molecule has 4 heteroatoms. The molecule has 16 heavy (non-hydrogen) atoms. The summed E-state index contributed by atoms with van der Waals surface area (Å²) in [5.74, 6) is 1.13. The van der Waals surface area contributed by atoms with Gasteiger partial charge in [-0.1, -0.05) is 0 Å². The number of amides is 1. The quantitative estimate of drug-likeness (QED) is 0.831. The topological polar surface area (TPSA) is 45.5 Å². The van der Waals surface area contributed by atoms with E-state index in [2.05, 4.69) is 5.32 Å². The molecule has 88 valence electrons. The van der Waals surface area contributed by atoms with E-state index in [1.54, 1.807) is 6.26 Å². The smallest absolute Gasteiger partial charge is 0.223 e. The van der Waals surface area contributed by atoms with Crippen molar-refractivity contribution >= 4 is 5.91 Å². The molecule has 0 spiro atoms. The predicted octanol–water partition coefficient (Wildman–Crippen LogP) is 1.03. The zero-order valence-electron chi connectivity index (χ0n) is 9.45. The fourth-order valence-corrected chi connectivity index (χ4v) is 1.94. The first-order valence-electron chi connectivity index (χ1n) is 5.87. The fraction of sp³-hybridized carbons (Fsp3) is 0.583. The first kappa shape index (κ1) is 11.2. The Kier molecular flexibility index (Phi) is 3.99. The molecule has 1 aliphatic rings. The van der Waals surface area contributed by atoms with Gasteiger partial charge in [-0.15, -0.1) is 0 Å². The number of carbonyl (C=O) groups excluding carboxylic acids is 1. The second-order valence-electron chi connectivity index (χ2n) is 4.06. The van der Waals surface area contributed by atoms with Crippen LogP contribution >= 0.6 is 0 Å². The molecular weight excluding hydrogens is 204 g/mol. The van der Waals surface area contributed by atoms with Crippen molar-refractivity contribution < 1.29 is 9.21 Å². The van der Waals surface area contributed by atoms with Crippen LogP contribution < -0.4 is 5.32 Å². The molecule has 1 saturated heterocycles. The van der Waals surface area contributed by atoms with Crippen LogP contribution in [-0.2, 0) is 11.2 Å². The molecule has 0 saturated carbocycles. The maximum atomic E-state index is 11.9. The highest BCUT2D eigenvalue weighted by molar-refractivity contribution is 5.76. The summed E-state index contributed by atoms with van der Waals surface area (Å²) in [4.78, 5) is 13.8. The van der Waals surface area contributed by atoms with Gasteiger partial charge in [-0.05, 0) is 25.1 Å². The zero-order valence-corrected chi connectivity index (χ0v) is 9.45. The molecule has 0 aliphatic carbocycles. The SMILES string of the molecule is O=C(CCc1ccco1)N1CCCNCC1. The molecule has 1 aromatic heterocycles. The standard InChI is InChI=1S/C12H18N2O2/c15-12(5-4-11-3-1-10-16-11)14-8-2-6-13-7-9-14/h1,3,10,13H,2,4-9H2. The minimum Gasteiger partial charge on any atom is -0.469 e. The number of hydrogen-bond donors (Lipinski definition) is 1. The number of furan rings is 1. The highest BCUT2D eigenvalue weighted by atomic mass is 16.3. The van der Waals surface area contributed by atoms with Gasteiger partial charge in [0.1, 0.15) is 5.76 Å². The molecule has 0 radical (unpaired) electrons. The molecule has 0 bridgehead atoms. The summed E-state index contributed by atoms with van der Waals surface area (Å²) in [6.45, 7) is 3.63. The molecule has 1 aliphatic heterocycles. The van der Waals surface area contributed by atoms with Crippen molar-refractivity contribution in [3.8, 4) is 0 Å². The minimum absolute atomic E-state index is 0.236. The molecule has 1 amide bonds. The maximum Gasteiger partial charge on any atom is 0.223 e. The van der Waals surface area contributed by atoms with Gasteiger partial charge in [-0.25, -0.2) is 0 Å². The van der Waals surface area contributed by atoms with E-state index in [9.17, 15) is 4.79 Å². The van der Waals surface area contributed by atoms with Crippen LogP contribution in [0.2, 0.25) is 0 Å². The lowest BCUT2D eigenvalue weighted by Gasteiger charge is -2.19. The first-order valence-corrected chi connectivity index (χ1v) is 5.87. The molecule has 1 aromatic rings. The Hall–Kier alpha value is -1.29. The van der Waals surface area contributed by atoms with Crippen molar-refractivity contribution in [3.63, 3.8) is 0 Å². The van der Waals surface area contributed by atoms with Gasteiger partial charge in [-0.2, -0.15) is 0 Å². The third-order valence-electron chi connectivity index (χ3n) is 2.86. The van der Waals surface area contributed by atoms with Gasteiger partial charge in [-0.3, -0.25) is 4.79 Å². The van der Waals surface area contributed by atoms with Crippen molar-refractivity contribution in [2.24, 2.45) is 0 Å². The average Bonchev–Trinajstić information content (AvgIpc) is 2.66. The van der Waals surface area contributed by atoms with Crippen molar-refractivity contribution in [2.75, 3.05) is 26.2 Å². The Balaban J connectivity index is 1.78. The van der Waals surface area contributed by atoms with Crippen LogP contribution in [-0.4, -0.2) is 37.0 Å². The van der Waals surface area contributed by atoms with Gasteiger partial charge in [0.2, 0.25) is 5.91 Å². The summed E-state index contributed by atoms with van der Waals surface area (Å²) in [7, 11) is 0. The van der Waals surface area contributed by atoms with Crippen molar-refractivity contribution in [1.82, 2.24) is 10.2 Å². The predicted molar refractivity (Wildman–Crippen MR) is 61.1 cm³/mol. The molecule has 1 N–H and O–H groups in total. The van der Waals surface area contributed by atoms with Crippen LogP contribution in [0.25, 0.3) is 0 Å². The van der Waals surface area contributed by atoms with Gasteiger partial charge in [0, 0.05) is 32.5 Å². The van der Waals surface area contributed by atoms with Crippen LogP contribution in [0.4, 0.5) is 0 Å². The van der Waals surface area contributed by atoms with Gasteiger partial charge in [0.25, 0.3) is 0 Å². The molecule has 2 heterocycles. The number of nitrogens with one attached hydrogen (secondary N) is 1. The van der Waals surface area contributed by atoms with E-state index in [1.807, 2.05) is 17.0 Å². The highest BCUT2D eigenvalue weighted by Gasteiger charge is 2.15. The van der Waals surface area contributed by atoms with Crippen LogP contribution in [0.1, 0.15) is 18.6 Å². The summed E-state index contributed by atoms with van der Waals surface area (Å²) in [6.07, 6.45) is 3.95. The summed E-state index contributed by atoms with van der Waals surface area (Å²) < 4.78 is 5.21. The van der Waals surface area contributed by atoms with E-state index in [-0.39, 0.29) is 5.91 Å². The highest BCUT2D eigenvalue weighted by Crippen LogP contribution is 2.06. The number of hydrogen-bond acceptors (Lipinski definition) is 3. The van der Waals surface area contributed by atoms with Crippen LogP contribution in [0, 0.1) is 0 Å². The number of nitrogens with zero attached hydrogens (tertiary/aromatic N) is 1. The van der Waals surface area contributed by atoms with Crippen molar-refractivity contribution in [1.29, 1.82) is 0 Å². The largest absolute Gasteiger partial charge is 0.469 e. The monoisotopic (exact) mass is 222 g/mol. The van der Waals surface area contributed by atoms with Gasteiger partial charge in [0.05, 0.1) is 6.26 Å². The Labute approximate surface area is 95.6 Å². The van der Waals surface area contributed by atoms with E-state index < -0.39 is 0 Å². The molecule has 1 fully saturated rings. The first-order chi connectivity index (χ1) is 7.86. The molecule has 4 nitrogen and oxygen atoms in total. The van der Waals surface area contributed by atoms with Crippen molar-refractivity contribution in [2.45, 2.75) is 19.3 Å².